The molecule has 2 aromatic carbocycles. The third kappa shape index (κ3) is 5.53. The molecule has 0 bridgehead atoms. The molecule has 0 aromatic heterocycles. The van der Waals surface area contributed by atoms with Gasteiger partial charge < -0.3 is 4.90 Å². The molecule has 1 aliphatic heterocycles. The first kappa shape index (κ1) is 26.1. The second-order valence-electron chi connectivity index (χ2n) is 11.7. The number of fused-ring (bicyclic) bond motifs is 1. The van der Waals surface area contributed by atoms with Crippen LogP contribution in [0.1, 0.15) is 81.5 Å². The zero-order chi connectivity index (χ0) is 26.0. The number of nitrogens with zero attached hydrogens (tertiary/aromatic N) is 1. The molecule has 2 aromatic rings. The van der Waals surface area contributed by atoms with Crippen LogP contribution in [0.25, 0.3) is 5.57 Å². The topological polar surface area (TPSA) is 54.5 Å². The summed E-state index contributed by atoms with van der Waals surface area (Å²) in [7, 11) is 0. The third-order valence-corrected chi connectivity index (χ3v) is 7.97. The highest BCUT2D eigenvalue weighted by Gasteiger charge is 2.44. The Kier molecular flexibility index (Phi) is 7.63. The molecule has 1 unspecified atom stereocenters. The smallest absolute Gasteiger partial charge is 0.227 e. The van der Waals surface area contributed by atoms with Crippen molar-refractivity contribution in [2.75, 3.05) is 6.54 Å². The molecule has 4 heteroatoms. The molecule has 1 amide bonds. The first-order valence-electron chi connectivity index (χ1n) is 13.3. The second kappa shape index (κ2) is 10.5. The number of likely N-dealkylation sites (tertiary alicyclic amines) is 1. The van der Waals surface area contributed by atoms with Crippen LogP contribution >= 0.6 is 0 Å². The molecule has 1 aliphatic carbocycles. The summed E-state index contributed by atoms with van der Waals surface area (Å²) >= 11 is 0. The normalized spacial score (nSPS) is 20.8. The van der Waals surface area contributed by atoms with Crippen LogP contribution in [0.2, 0.25) is 0 Å². The highest BCUT2D eigenvalue weighted by Crippen LogP contribution is 2.38. The van der Waals surface area contributed by atoms with Crippen molar-refractivity contribution < 1.29 is 14.4 Å². The highest BCUT2D eigenvalue weighted by molar-refractivity contribution is 6.00. The summed E-state index contributed by atoms with van der Waals surface area (Å²) in [6.45, 7) is 10.6. The zero-order valence-corrected chi connectivity index (χ0v) is 22.3. The Bertz CT molecular complexity index is 1170. The van der Waals surface area contributed by atoms with Crippen molar-refractivity contribution in [3.8, 4) is 0 Å². The van der Waals surface area contributed by atoms with Crippen molar-refractivity contribution in [3.05, 3.63) is 76.9 Å². The lowest BCUT2D eigenvalue weighted by atomic mass is 9.76. The van der Waals surface area contributed by atoms with E-state index < -0.39 is 17.4 Å². The summed E-state index contributed by atoms with van der Waals surface area (Å²) in [5.74, 6) is -0.543. The van der Waals surface area contributed by atoms with Gasteiger partial charge in [-0.2, -0.15) is 0 Å². The number of carbonyl (C=O) groups excluding carboxylic acids is 3. The molecule has 0 N–H and O–H groups in total. The predicted octanol–water partition coefficient (Wildman–Crippen LogP) is 6.31. The molecular weight excluding hydrogens is 446 g/mol. The molecular formula is C32H39NO3. The third-order valence-electron chi connectivity index (χ3n) is 7.97. The van der Waals surface area contributed by atoms with Gasteiger partial charge in [-0.15, -0.1) is 0 Å². The quantitative estimate of drug-likeness (QED) is 0.432. The predicted molar refractivity (Wildman–Crippen MR) is 145 cm³/mol. The summed E-state index contributed by atoms with van der Waals surface area (Å²) < 4.78 is 0. The number of aryl methyl sites for hydroxylation is 2. The monoisotopic (exact) mass is 485 g/mol. The summed E-state index contributed by atoms with van der Waals surface area (Å²) in [4.78, 5) is 42.5. The molecule has 0 spiro atoms. The van der Waals surface area contributed by atoms with Crippen LogP contribution in [0.4, 0.5) is 0 Å². The molecule has 1 saturated heterocycles. The molecule has 3 atom stereocenters. The highest BCUT2D eigenvalue weighted by atomic mass is 16.2. The van der Waals surface area contributed by atoms with Crippen LogP contribution in [-0.2, 0) is 20.8 Å². The lowest BCUT2D eigenvalue weighted by Gasteiger charge is -2.35. The van der Waals surface area contributed by atoms with E-state index in [1.807, 2.05) is 71.0 Å². The molecule has 190 valence electrons. The van der Waals surface area contributed by atoms with E-state index in [2.05, 4.69) is 12.1 Å². The number of hydrogen-bond acceptors (Lipinski definition) is 3. The Morgan fingerprint density at radius 3 is 2.42 bits per heavy atom. The van der Waals surface area contributed by atoms with Gasteiger partial charge in [-0.25, -0.2) is 0 Å². The van der Waals surface area contributed by atoms with Crippen molar-refractivity contribution >= 4 is 23.0 Å². The fourth-order valence-corrected chi connectivity index (χ4v) is 5.78. The molecule has 1 heterocycles. The van der Waals surface area contributed by atoms with Crippen LogP contribution in [0.3, 0.4) is 0 Å². The van der Waals surface area contributed by atoms with E-state index in [9.17, 15) is 14.4 Å². The van der Waals surface area contributed by atoms with Crippen molar-refractivity contribution in [3.63, 3.8) is 0 Å². The minimum absolute atomic E-state index is 0.0480. The van der Waals surface area contributed by atoms with Crippen LogP contribution in [0.5, 0.6) is 0 Å². The Morgan fingerprint density at radius 2 is 1.72 bits per heavy atom. The van der Waals surface area contributed by atoms with Crippen LogP contribution in [0, 0.1) is 18.3 Å². The molecule has 4 nitrogen and oxygen atoms in total. The fraction of sp³-hybridized carbons (Fsp3) is 0.469. The average molecular weight is 486 g/mol. The number of carbonyl (C=O) groups is 3. The summed E-state index contributed by atoms with van der Waals surface area (Å²) in [6, 6.07) is 15.9. The van der Waals surface area contributed by atoms with Gasteiger partial charge in [0.2, 0.25) is 5.91 Å². The first-order valence-corrected chi connectivity index (χ1v) is 13.3. The largest absolute Gasteiger partial charge is 0.332 e. The molecule has 1 fully saturated rings. The number of amides is 1. The molecule has 0 radical (unpaired) electrons. The second-order valence-corrected chi connectivity index (χ2v) is 11.7. The van der Waals surface area contributed by atoms with E-state index in [0.717, 1.165) is 36.0 Å². The number of ketones is 2. The maximum Gasteiger partial charge on any atom is 0.227 e. The van der Waals surface area contributed by atoms with Gasteiger partial charge >= 0.3 is 0 Å². The maximum atomic E-state index is 13.9. The van der Waals surface area contributed by atoms with E-state index in [1.165, 1.54) is 11.1 Å². The van der Waals surface area contributed by atoms with Gasteiger partial charge in [0.1, 0.15) is 0 Å². The lowest BCUT2D eigenvalue weighted by Crippen LogP contribution is -2.48. The minimum Gasteiger partial charge on any atom is -0.332 e. The van der Waals surface area contributed by atoms with Crippen LogP contribution in [0.15, 0.2) is 54.6 Å². The zero-order valence-electron chi connectivity index (χ0n) is 22.3. The van der Waals surface area contributed by atoms with Crippen molar-refractivity contribution in [1.29, 1.82) is 0 Å². The number of hydrogen-bond donors (Lipinski definition) is 0. The summed E-state index contributed by atoms with van der Waals surface area (Å²) in [6.07, 6.45) is 5.09. The summed E-state index contributed by atoms with van der Waals surface area (Å²) in [5, 5.41) is 0. The van der Waals surface area contributed by atoms with Gasteiger partial charge in [0.25, 0.3) is 0 Å². The summed E-state index contributed by atoms with van der Waals surface area (Å²) in [5.41, 5.74) is 5.06. The van der Waals surface area contributed by atoms with Crippen molar-refractivity contribution in [2.45, 2.75) is 78.7 Å². The average Bonchev–Trinajstić information content (AvgIpc) is 3.49. The van der Waals surface area contributed by atoms with Crippen molar-refractivity contribution in [1.82, 2.24) is 4.90 Å². The van der Waals surface area contributed by atoms with Gasteiger partial charge in [0.05, 0.1) is 12.0 Å². The number of rotatable bonds is 7. The lowest BCUT2D eigenvalue weighted by molar-refractivity contribution is -0.145. The first-order chi connectivity index (χ1) is 17.1. The SMILES string of the molecule is C/C(=C\C(=O)C[C@H](C(=O)N1CCC[C@H]1C(=O)C1CCc2ccccc21)C(C)(C)C)c1ccc(C)cc1. The Labute approximate surface area is 215 Å². The van der Waals surface area contributed by atoms with Crippen LogP contribution in [-0.4, -0.2) is 35.0 Å². The Hall–Kier alpha value is -3.01. The standard InChI is InChI=1S/C32H39NO3/c1-21-12-14-23(15-13-21)22(2)19-25(34)20-28(32(3,4)5)31(36)33-18-8-11-29(33)30(35)27-17-16-24-9-6-7-10-26(24)27/h6-7,9-10,12-15,19,27-29H,8,11,16-18,20H2,1-5H3/b22-19+/t27?,28-,29+/m1/s1. The van der Waals surface area contributed by atoms with E-state index in [4.69, 9.17) is 0 Å². The van der Waals surface area contributed by atoms with Crippen molar-refractivity contribution in [2.24, 2.45) is 11.3 Å². The molecule has 0 saturated carbocycles. The maximum absolute atomic E-state index is 13.9. The van der Waals surface area contributed by atoms with Crippen LogP contribution < -0.4 is 0 Å². The van der Waals surface area contributed by atoms with Gasteiger partial charge in [0.15, 0.2) is 11.6 Å². The molecule has 2 aliphatic rings. The number of benzene rings is 2. The van der Waals surface area contributed by atoms with E-state index in [0.29, 0.717) is 13.0 Å². The number of Topliss-reactive ketones (excluding diaryl/α,β-unsaturated/α-hetero) is 1. The molecule has 4 rings (SSSR count). The van der Waals surface area contributed by atoms with Gasteiger partial charge in [-0.05, 0) is 73.3 Å². The van der Waals surface area contributed by atoms with Gasteiger partial charge in [0, 0.05) is 18.9 Å². The Balaban J connectivity index is 1.51. The number of allylic oxidation sites excluding steroid dienone is 2. The van der Waals surface area contributed by atoms with E-state index in [1.54, 1.807) is 11.0 Å². The fourth-order valence-electron chi connectivity index (χ4n) is 5.78. The van der Waals surface area contributed by atoms with Gasteiger partial charge in [-0.1, -0.05) is 74.9 Å². The van der Waals surface area contributed by atoms with E-state index >= 15 is 0 Å². The van der Waals surface area contributed by atoms with Gasteiger partial charge in [-0.3, -0.25) is 14.4 Å². The van der Waals surface area contributed by atoms with E-state index in [-0.39, 0.29) is 29.8 Å². The Morgan fingerprint density at radius 1 is 1.03 bits per heavy atom. The minimum atomic E-state index is -0.476. The molecule has 36 heavy (non-hydrogen) atoms.